The van der Waals surface area contributed by atoms with Crippen molar-refractivity contribution in [1.82, 2.24) is 4.72 Å². The molecule has 0 aliphatic rings. The van der Waals surface area contributed by atoms with Crippen molar-refractivity contribution in [2.24, 2.45) is 0 Å². The second-order valence-electron chi connectivity index (χ2n) is 5.57. The lowest BCUT2D eigenvalue weighted by Crippen LogP contribution is -2.23. The molecule has 0 aliphatic heterocycles. The molecule has 0 saturated heterocycles. The molecular weight excluding hydrogens is 409 g/mol. The third-order valence-corrected chi connectivity index (χ3v) is 7.18. The molecule has 27 heavy (non-hydrogen) atoms. The van der Waals surface area contributed by atoms with Crippen LogP contribution in [0.15, 0.2) is 52.7 Å². The van der Waals surface area contributed by atoms with E-state index in [2.05, 4.69) is 4.72 Å². The normalized spacial score (nSPS) is 12.9. The summed E-state index contributed by atoms with van der Waals surface area (Å²) in [5.41, 5.74) is 0. The maximum Gasteiger partial charge on any atom is 0.241 e. The second kappa shape index (κ2) is 8.49. The number of rotatable bonds is 8. The van der Waals surface area contributed by atoms with Crippen molar-refractivity contribution in [1.29, 1.82) is 0 Å². The minimum absolute atomic E-state index is 0.0157. The van der Waals surface area contributed by atoms with Crippen LogP contribution >= 0.6 is 22.7 Å². The molecular formula is C18H18FNO4S3. The zero-order valence-corrected chi connectivity index (χ0v) is 16.8. The van der Waals surface area contributed by atoms with Crippen molar-refractivity contribution in [3.8, 4) is 5.75 Å². The van der Waals surface area contributed by atoms with E-state index in [0.717, 1.165) is 20.7 Å². The molecule has 0 aliphatic carbocycles. The number of sulfonamides is 1. The molecule has 0 radical (unpaired) electrons. The van der Waals surface area contributed by atoms with Crippen LogP contribution in [0.5, 0.6) is 5.75 Å². The Hall–Kier alpha value is -1.78. The van der Waals surface area contributed by atoms with Gasteiger partial charge in [0.05, 0.1) is 11.5 Å². The highest BCUT2D eigenvalue weighted by Gasteiger charge is 2.18. The summed E-state index contributed by atoms with van der Waals surface area (Å²) in [7, 11) is -3.87. The second-order valence-corrected chi connectivity index (χ2v) is 9.52. The number of ether oxygens (including phenoxy) is 1. The van der Waals surface area contributed by atoms with Crippen LogP contribution in [0.25, 0.3) is 0 Å². The zero-order chi connectivity index (χ0) is 19.4. The predicted molar refractivity (Wildman–Crippen MR) is 104 cm³/mol. The highest BCUT2D eigenvalue weighted by molar-refractivity contribution is 7.89. The summed E-state index contributed by atoms with van der Waals surface area (Å²) in [6.07, 6.45) is -0.722. The molecule has 144 valence electrons. The van der Waals surface area contributed by atoms with Crippen LogP contribution in [0, 0.1) is 5.82 Å². The molecule has 0 fully saturated rings. The van der Waals surface area contributed by atoms with Crippen molar-refractivity contribution in [3.63, 3.8) is 0 Å². The van der Waals surface area contributed by atoms with E-state index >= 15 is 0 Å². The van der Waals surface area contributed by atoms with Gasteiger partial charge in [-0.05, 0) is 48.7 Å². The molecule has 0 bridgehead atoms. The average molecular weight is 428 g/mol. The summed E-state index contributed by atoms with van der Waals surface area (Å²) >= 11 is 2.78. The van der Waals surface area contributed by atoms with Crippen LogP contribution in [0.4, 0.5) is 4.39 Å². The highest BCUT2D eigenvalue weighted by Crippen LogP contribution is 2.31. The Balaban J connectivity index is 1.68. The van der Waals surface area contributed by atoms with Crippen LogP contribution in [0.2, 0.25) is 0 Å². The molecule has 2 heterocycles. The highest BCUT2D eigenvalue weighted by atomic mass is 32.2. The van der Waals surface area contributed by atoms with Gasteiger partial charge in [-0.2, -0.15) is 0 Å². The van der Waals surface area contributed by atoms with E-state index < -0.39 is 21.9 Å². The van der Waals surface area contributed by atoms with Gasteiger partial charge in [-0.1, -0.05) is 6.07 Å². The number of benzene rings is 1. The lowest BCUT2D eigenvalue weighted by molar-refractivity contribution is 0.228. The Morgan fingerprint density at radius 3 is 2.70 bits per heavy atom. The number of aliphatic hydroxyl groups excluding tert-OH is 1. The number of thiophene rings is 2. The molecule has 3 aromatic rings. The SMILES string of the molecule is CCOc1ccc(S(=O)(=O)NCc2ccc(C(O)c3cccs3)s2)cc1F. The summed E-state index contributed by atoms with van der Waals surface area (Å²) in [4.78, 5) is 2.14. The molecule has 1 atom stereocenters. The molecule has 2 N–H and O–H groups in total. The first-order valence-corrected chi connectivity index (χ1v) is 11.3. The molecule has 0 amide bonds. The summed E-state index contributed by atoms with van der Waals surface area (Å²) in [5, 5.41) is 12.2. The van der Waals surface area contributed by atoms with Gasteiger partial charge in [-0.25, -0.2) is 17.5 Å². The monoisotopic (exact) mass is 427 g/mol. The summed E-state index contributed by atoms with van der Waals surface area (Å²) in [6, 6.07) is 10.8. The van der Waals surface area contributed by atoms with E-state index in [1.165, 1.54) is 34.8 Å². The van der Waals surface area contributed by atoms with Crippen molar-refractivity contribution in [2.75, 3.05) is 6.61 Å². The third-order valence-electron chi connectivity index (χ3n) is 3.71. The molecule has 0 saturated carbocycles. The van der Waals surface area contributed by atoms with Crippen molar-refractivity contribution in [2.45, 2.75) is 24.5 Å². The Labute approximate surface area is 165 Å². The van der Waals surface area contributed by atoms with Crippen molar-refractivity contribution >= 4 is 32.7 Å². The van der Waals surface area contributed by atoms with Gasteiger partial charge in [-0.3, -0.25) is 0 Å². The minimum atomic E-state index is -3.87. The lowest BCUT2D eigenvalue weighted by Gasteiger charge is -2.09. The van der Waals surface area contributed by atoms with Crippen LogP contribution < -0.4 is 9.46 Å². The zero-order valence-electron chi connectivity index (χ0n) is 14.4. The first-order chi connectivity index (χ1) is 12.9. The maximum atomic E-state index is 13.9. The van der Waals surface area contributed by atoms with Gasteiger partial charge in [0, 0.05) is 21.2 Å². The van der Waals surface area contributed by atoms with Gasteiger partial charge in [-0.15, -0.1) is 22.7 Å². The summed E-state index contributed by atoms with van der Waals surface area (Å²) < 4.78 is 46.2. The van der Waals surface area contributed by atoms with Gasteiger partial charge >= 0.3 is 0 Å². The van der Waals surface area contributed by atoms with Gasteiger partial charge in [0.1, 0.15) is 6.10 Å². The fourth-order valence-electron chi connectivity index (χ4n) is 2.39. The topological polar surface area (TPSA) is 75.6 Å². The van der Waals surface area contributed by atoms with Crippen LogP contribution in [0.1, 0.15) is 27.7 Å². The Morgan fingerprint density at radius 1 is 1.22 bits per heavy atom. The summed E-state index contributed by atoms with van der Waals surface area (Å²) in [6.45, 7) is 2.06. The maximum absolute atomic E-state index is 13.9. The fraction of sp³-hybridized carbons (Fsp3) is 0.222. The van der Waals surface area contributed by atoms with E-state index in [1.54, 1.807) is 19.1 Å². The standard InChI is InChI=1S/C18H18FNO4S3/c1-2-24-15-7-6-13(10-14(15)19)27(22,23)20-11-12-5-8-17(26-12)18(21)16-4-3-9-25-16/h3-10,18,20-21H,2,11H2,1H3. The Bertz CT molecular complexity index is 1000. The van der Waals surface area contributed by atoms with Crippen LogP contribution in [-0.2, 0) is 16.6 Å². The largest absolute Gasteiger partial charge is 0.491 e. The molecule has 9 heteroatoms. The van der Waals surface area contributed by atoms with E-state index in [0.29, 0.717) is 6.61 Å². The Kier molecular flexibility index (Phi) is 6.28. The van der Waals surface area contributed by atoms with Gasteiger partial charge in [0.2, 0.25) is 10.0 Å². The lowest BCUT2D eigenvalue weighted by atomic mass is 10.2. The van der Waals surface area contributed by atoms with Crippen LogP contribution in [-0.4, -0.2) is 20.1 Å². The van der Waals surface area contributed by atoms with Gasteiger partial charge in [0.15, 0.2) is 11.6 Å². The number of halogens is 1. The Morgan fingerprint density at radius 2 is 2.04 bits per heavy atom. The van der Waals surface area contributed by atoms with Crippen molar-refractivity contribution < 1.29 is 22.7 Å². The first-order valence-electron chi connectivity index (χ1n) is 8.13. The number of nitrogens with one attached hydrogen (secondary N) is 1. The molecule has 1 unspecified atom stereocenters. The van der Waals surface area contributed by atoms with E-state index in [9.17, 15) is 17.9 Å². The molecule has 0 spiro atoms. The average Bonchev–Trinajstić information content (AvgIpc) is 3.33. The smallest absolute Gasteiger partial charge is 0.241 e. The number of hydrogen-bond acceptors (Lipinski definition) is 6. The number of hydrogen-bond donors (Lipinski definition) is 2. The predicted octanol–water partition coefficient (Wildman–Crippen LogP) is 3.91. The summed E-state index contributed by atoms with van der Waals surface area (Å²) in [5.74, 6) is -0.709. The molecule has 1 aromatic carbocycles. The van der Waals surface area contributed by atoms with Gasteiger partial charge in [0.25, 0.3) is 0 Å². The van der Waals surface area contributed by atoms with E-state index in [-0.39, 0.29) is 17.2 Å². The molecule has 3 rings (SSSR count). The van der Waals surface area contributed by atoms with E-state index in [4.69, 9.17) is 4.74 Å². The third kappa shape index (κ3) is 4.74. The first kappa shape index (κ1) is 20.0. The van der Waals surface area contributed by atoms with Crippen LogP contribution in [0.3, 0.4) is 0 Å². The fourth-order valence-corrected chi connectivity index (χ4v) is 5.26. The quantitative estimate of drug-likeness (QED) is 0.572. The molecule has 2 aromatic heterocycles. The number of aliphatic hydroxyl groups is 1. The van der Waals surface area contributed by atoms with Gasteiger partial charge < -0.3 is 9.84 Å². The van der Waals surface area contributed by atoms with Crippen molar-refractivity contribution in [3.05, 3.63) is 68.3 Å². The minimum Gasteiger partial charge on any atom is -0.491 e. The van der Waals surface area contributed by atoms with E-state index in [1.807, 2.05) is 17.5 Å². The molecule has 5 nitrogen and oxygen atoms in total.